The van der Waals surface area contributed by atoms with E-state index in [1.807, 2.05) is 6.92 Å². The molecule has 1 aromatic carbocycles. The molecule has 1 aromatic rings. The van der Waals surface area contributed by atoms with Gasteiger partial charge >= 0.3 is 0 Å². The number of halogens is 1. The lowest BCUT2D eigenvalue weighted by atomic mass is 10.1. The van der Waals surface area contributed by atoms with Crippen LogP contribution in [0.4, 0.5) is 5.69 Å². The van der Waals surface area contributed by atoms with Crippen LogP contribution in [0.5, 0.6) is 0 Å². The Morgan fingerprint density at radius 2 is 2.26 bits per heavy atom. The summed E-state index contributed by atoms with van der Waals surface area (Å²) in [4.78, 5) is 10.5. The van der Waals surface area contributed by atoms with Gasteiger partial charge in [-0.1, -0.05) is 24.6 Å². The minimum absolute atomic E-state index is 0.0451. The summed E-state index contributed by atoms with van der Waals surface area (Å²) >= 11 is 5.98. The first-order chi connectivity index (χ1) is 9.06. The van der Waals surface area contributed by atoms with Gasteiger partial charge in [0.05, 0.1) is 15.5 Å². The summed E-state index contributed by atoms with van der Waals surface area (Å²) in [5.74, 6) is 0.288. The molecule has 0 aliphatic carbocycles. The van der Waals surface area contributed by atoms with E-state index in [0.717, 1.165) is 19.4 Å². The van der Waals surface area contributed by atoms with Gasteiger partial charge < -0.3 is 10.4 Å². The predicted octanol–water partition coefficient (Wildman–Crippen LogP) is 2.75. The van der Waals surface area contributed by atoms with E-state index in [1.54, 1.807) is 12.1 Å². The Kier molecular flexibility index (Phi) is 6.77. The van der Waals surface area contributed by atoms with E-state index >= 15 is 0 Å². The molecule has 0 radical (unpaired) electrons. The first kappa shape index (κ1) is 15.9. The minimum atomic E-state index is -0.420. The second kappa shape index (κ2) is 8.09. The van der Waals surface area contributed by atoms with Crippen LogP contribution < -0.4 is 5.32 Å². The van der Waals surface area contributed by atoms with Crippen LogP contribution in [0.25, 0.3) is 0 Å². The Labute approximate surface area is 117 Å². The van der Waals surface area contributed by atoms with Crippen LogP contribution in [0.1, 0.15) is 25.3 Å². The van der Waals surface area contributed by atoms with Gasteiger partial charge in [0, 0.05) is 19.2 Å². The third kappa shape index (κ3) is 5.14. The topological polar surface area (TPSA) is 75.4 Å². The smallest absolute Gasteiger partial charge is 0.275 e. The molecule has 0 amide bonds. The lowest BCUT2D eigenvalue weighted by Crippen LogP contribution is -2.17. The number of hydrogen-bond acceptors (Lipinski definition) is 4. The summed E-state index contributed by atoms with van der Waals surface area (Å²) in [5, 5.41) is 23.3. The average Bonchev–Trinajstić information content (AvgIpc) is 2.39. The maximum absolute atomic E-state index is 10.9. The normalized spacial score (nSPS) is 12.4. The molecule has 1 atom stereocenters. The number of nitrogens with zero attached hydrogens (tertiary/aromatic N) is 1. The molecule has 2 N–H and O–H groups in total. The quantitative estimate of drug-likeness (QED) is 0.438. The number of nitro benzene ring substituents is 1. The number of aliphatic hydroxyl groups is 1. The van der Waals surface area contributed by atoms with Gasteiger partial charge in [0.1, 0.15) is 0 Å². The van der Waals surface area contributed by atoms with Crippen LogP contribution in [0.3, 0.4) is 0 Å². The second-order valence-electron chi connectivity index (χ2n) is 4.60. The van der Waals surface area contributed by atoms with Crippen LogP contribution in [0, 0.1) is 16.0 Å². The summed E-state index contributed by atoms with van der Waals surface area (Å²) in [5.41, 5.74) is 0.563. The lowest BCUT2D eigenvalue weighted by Gasteiger charge is -2.09. The molecule has 0 heterocycles. The molecule has 1 unspecified atom stereocenters. The first-order valence-electron chi connectivity index (χ1n) is 6.29. The van der Waals surface area contributed by atoms with Crippen molar-refractivity contribution in [2.75, 3.05) is 13.2 Å². The van der Waals surface area contributed by atoms with Crippen LogP contribution in [-0.2, 0) is 6.54 Å². The molecule has 0 saturated heterocycles. The molecule has 0 aromatic heterocycles. The van der Waals surface area contributed by atoms with Crippen molar-refractivity contribution in [3.63, 3.8) is 0 Å². The minimum Gasteiger partial charge on any atom is -0.396 e. The predicted molar refractivity (Wildman–Crippen MR) is 75.3 cm³/mol. The van der Waals surface area contributed by atoms with Crippen molar-refractivity contribution >= 4 is 17.3 Å². The Morgan fingerprint density at radius 1 is 1.53 bits per heavy atom. The first-order valence-corrected chi connectivity index (χ1v) is 6.67. The van der Waals surface area contributed by atoms with E-state index in [4.69, 9.17) is 16.7 Å². The molecular weight excluding hydrogens is 268 g/mol. The molecule has 0 spiro atoms. The molecule has 0 bridgehead atoms. The number of hydrogen-bond donors (Lipinski definition) is 2. The Hall–Kier alpha value is -1.17. The van der Waals surface area contributed by atoms with Gasteiger partial charge in [-0.05, 0) is 31.4 Å². The van der Waals surface area contributed by atoms with E-state index in [-0.39, 0.29) is 18.2 Å². The molecule has 1 rings (SSSR count). The molecule has 0 aliphatic rings. The highest BCUT2D eigenvalue weighted by Crippen LogP contribution is 2.25. The number of nitro groups is 1. The summed E-state index contributed by atoms with van der Waals surface area (Å²) in [6.45, 7) is 3.30. The molecule has 0 saturated carbocycles. The fourth-order valence-corrected chi connectivity index (χ4v) is 2.01. The molecule has 0 fully saturated rings. The van der Waals surface area contributed by atoms with Gasteiger partial charge in [0.25, 0.3) is 5.69 Å². The summed E-state index contributed by atoms with van der Waals surface area (Å²) < 4.78 is 0. The highest BCUT2D eigenvalue weighted by Gasteiger charge is 2.15. The number of rotatable bonds is 8. The standard InChI is InChI=1S/C13H19ClN2O3/c1-10(9-17)4-3-7-15-8-11-12(14)5-2-6-13(11)16(18)19/h2,5-6,10,15,17H,3-4,7-9H2,1H3. The van der Waals surface area contributed by atoms with Crippen LogP contribution in [-0.4, -0.2) is 23.2 Å². The lowest BCUT2D eigenvalue weighted by molar-refractivity contribution is -0.385. The summed E-state index contributed by atoms with van der Waals surface area (Å²) in [6.07, 6.45) is 1.84. The van der Waals surface area contributed by atoms with Gasteiger partial charge in [0.2, 0.25) is 0 Å². The van der Waals surface area contributed by atoms with Gasteiger partial charge in [-0.3, -0.25) is 10.1 Å². The van der Waals surface area contributed by atoms with E-state index in [0.29, 0.717) is 17.1 Å². The molecule has 0 aliphatic heterocycles. The summed E-state index contributed by atoms with van der Waals surface area (Å²) in [6, 6.07) is 4.68. The van der Waals surface area contributed by atoms with E-state index in [9.17, 15) is 10.1 Å². The third-order valence-corrected chi connectivity index (χ3v) is 3.31. The molecule has 6 heteroatoms. The zero-order valence-electron chi connectivity index (χ0n) is 10.9. The second-order valence-corrected chi connectivity index (χ2v) is 5.01. The van der Waals surface area contributed by atoms with Crippen molar-refractivity contribution < 1.29 is 10.0 Å². The largest absolute Gasteiger partial charge is 0.396 e. The zero-order chi connectivity index (χ0) is 14.3. The van der Waals surface area contributed by atoms with E-state index < -0.39 is 4.92 Å². The Morgan fingerprint density at radius 3 is 2.89 bits per heavy atom. The average molecular weight is 287 g/mol. The van der Waals surface area contributed by atoms with Gasteiger partial charge in [-0.2, -0.15) is 0 Å². The van der Waals surface area contributed by atoms with Gasteiger partial charge in [-0.15, -0.1) is 0 Å². The third-order valence-electron chi connectivity index (χ3n) is 2.95. The molecule has 19 heavy (non-hydrogen) atoms. The molecule has 106 valence electrons. The van der Waals surface area contributed by atoms with Crippen molar-refractivity contribution in [1.29, 1.82) is 0 Å². The van der Waals surface area contributed by atoms with Crippen molar-refractivity contribution in [1.82, 2.24) is 5.32 Å². The van der Waals surface area contributed by atoms with Crippen LogP contribution in [0.15, 0.2) is 18.2 Å². The fraction of sp³-hybridized carbons (Fsp3) is 0.538. The maximum Gasteiger partial charge on any atom is 0.275 e. The number of nitrogens with one attached hydrogen (secondary N) is 1. The van der Waals surface area contributed by atoms with E-state index in [2.05, 4.69) is 5.32 Å². The Bertz CT molecular complexity index is 426. The SMILES string of the molecule is CC(CO)CCCNCc1c(Cl)cccc1[N+](=O)[O-]. The van der Waals surface area contributed by atoms with Gasteiger partial charge in [-0.25, -0.2) is 0 Å². The molecule has 5 nitrogen and oxygen atoms in total. The van der Waals surface area contributed by atoms with Crippen molar-refractivity contribution in [3.05, 3.63) is 38.9 Å². The van der Waals surface area contributed by atoms with Crippen molar-refractivity contribution in [3.8, 4) is 0 Å². The van der Waals surface area contributed by atoms with E-state index in [1.165, 1.54) is 6.07 Å². The van der Waals surface area contributed by atoms with Crippen LogP contribution in [0.2, 0.25) is 5.02 Å². The van der Waals surface area contributed by atoms with Crippen molar-refractivity contribution in [2.24, 2.45) is 5.92 Å². The highest BCUT2D eigenvalue weighted by atomic mass is 35.5. The fourth-order valence-electron chi connectivity index (χ4n) is 1.77. The number of aliphatic hydroxyl groups excluding tert-OH is 1. The Balaban J connectivity index is 2.47. The summed E-state index contributed by atoms with van der Waals surface area (Å²) in [7, 11) is 0. The monoisotopic (exact) mass is 286 g/mol. The highest BCUT2D eigenvalue weighted by molar-refractivity contribution is 6.31. The van der Waals surface area contributed by atoms with Crippen LogP contribution >= 0.6 is 11.6 Å². The van der Waals surface area contributed by atoms with Gasteiger partial charge in [0.15, 0.2) is 0 Å². The van der Waals surface area contributed by atoms with Crippen molar-refractivity contribution in [2.45, 2.75) is 26.3 Å². The molecular formula is C13H19ClN2O3. The zero-order valence-corrected chi connectivity index (χ0v) is 11.7. The number of benzene rings is 1. The maximum atomic E-state index is 10.9.